The van der Waals surface area contributed by atoms with Crippen LogP contribution >= 0.6 is 15.9 Å². The Morgan fingerprint density at radius 1 is 1.27 bits per heavy atom. The first-order valence-corrected chi connectivity index (χ1v) is 7.85. The molecule has 0 radical (unpaired) electrons. The first-order valence-electron chi connectivity index (χ1n) is 5.12. The Morgan fingerprint density at radius 2 is 1.87 bits per heavy atom. The highest BCUT2D eigenvalue weighted by atomic mass is 79.9. The standard InChI is InChI=1S/C9H14BrNO3S/c10-7-5-9(12)11(6-7)8-1-3-15(13,14)4-2-8/h7-8H,1-6H2. The summed E-state index contributed by atoms with van der Waals surface area (Å²) in [6, 6.07) is 0.142. The van der Waals surface area contributed by atoms with E-state index in [2.05, 4.69) is 15.9 Å². The molecule has 4 nitrogen and oxygen atoms in total. The number of halogens is 1. The zero-order chi connectivity index (χ0) is 11.1. The molecule has 0 N–H and O–H groups in total. The van der Waals surface area contributed by atoms with Crippen molar-refractivity contribution < 1.29 is 13.2 Å². The molecule has 1 atom stereocenters. The largest absolute Gasteiger partial charge is 0.338 e. The van der Waals surface area contributed by atoms with E-state index >= 15 is 0 Å². The van der Waals surface area contributed by atoms with Gasteiger partial charge in [-0.15, -0.1) is 0 Å². The van der Waals surface area contributed by atoms with Crippen molar-refractivity contribution in [1.29, 1.82) is 0 Å². The van der Waals surface area contributed by atoms with Gasteiger partial charge in [0.05, 0.1) is 11.5 Å². The molecule has 0 spiro atoms. The molecule has 2 aliphatic rings. The molecule has 0 bridgehead atoms. The first-order chi connectivity index (χ1) is 6.98. The van der Waals surface area contributed by atoms with Gasteiger partial charge in [0.15, 0.2) is 0 Å². The molecule has 2 heterocycles. The average molecular weight is 296 g/mol. The van der Waals surface area contributed by atoms with Gasteiger partial charge in [-0.3, -0.25) is 4.79 Å². The number of carbonyl (C=O) groups excluding carboxylic acids is 1. The molecular formula is C9H14BrNO3S. The fourth-order valence-corrected chi connectivity index (χ4v) is 4.28. The summed E-state index contributed by atoms with van der Waals surface area (Å²) >= 11 is 3.43. The second kappa shape index (κ2) is 4.05. The van der Waals surface area contributed by atoms with Crippen LogP contribution in [0.1, 0.15) is 19.3 Å². The van der Waals surface area contributed by atoms with Crippen molar-refractivity contribution in [2.45, 2.75) is 30.1 Å². The molecule has 0 aromatic heterocycles. The van der Waals surface area contributed by atoms with Crippen LogP contribution in [0.25, 0.3) is 0 Å². The van der Waals surface area contributed by atoms with E-state index < -0.39 is 9.84 Å². The van der Waals surface area contributed by atoms with Crippen molar-refractivity contribution >= 4 is 31.7 Å². The van der Waals surface area contributed by atoms with Gasteiger partial charge in [-0.2, -0.15) is 0 Å². The molecular weight excluding hydrogens is 282 g/mol. The monoisotopic (exact) mass is 295 g/mol. The Hall–Kier alpha value is -0.100. The van der Waals surface area contributed by atoms with Crippen molar-refractivity contribution in [3.63, 3.8) is 0 Å². The van der Waals surface area contributed by atoms with Crippen molar-refractivity contribution in [3.05, 3.63) is 0 Å². The minimum atomic E-state index is -2.83. The number of hydrogen-bond donors (Lipinski definition) is 0. The number of nitrogens with zero attached hydrogens (tertiary/aromatic N) is 1. The molecule has 6 heteroatoms. The highest BCUT2D eigenvalue weighted by Crippen LogP contribution is 2.26. The molecule has 2 saturated heterocycles. The quantitative estimate of drug-likeness (QED) is 0.664. The number of likely N-dealkylation sites (tertiary alicyclic amines) is 1. The molecule has 0 aromatic rings. The smallest absolute Gasteiger partial charge is 0.224 e. The lowest BCUT2D eigenvalue weighted by Gasteiger charge is -2.30. The number of sulfone groups is 1. The highest BCUT2D eigenvalue weighted by Gasteiger charge is 2.35. The number of amides is 1. The van der Waals surface area contributed by atoms with Gasteiger partial charge in [0.2, 0.25) is 5.91 Å². The Morgan fingerprint density at radius 3 is 2.33 bits per heavy atom. The maximum Gasteiger partial charge on any atom is 0.224 e. The predicted molar refractivity (Wildman–Crippen MR) is 60.7 cm³/mol. The van der Waals surface area contributed by atoms with Crippen LogP contribution in [0, 0.1) is 0 Å². The summed E-state index contributed by atoms with van der Waals surface area (Å²) in [5.41, 5.74) is 0. The van der Waals surface area contributed by atoms with Crippen molar-refractivity contribution in [2.75, 3.05) is 18.1 Å². The summed E-state index contributed by atoms with van der Waals surface area (Å²) in [6.45, 7) is 0.726. The lowest BCUT2D eigenvalue weighted by atomic mass is 10.1. The topological polar surface area (TPSA) is 54.5 Å². The van der Waals surface area contributed by atoms with Crippen molar-refractivity contribution in [2.24, 2.45) is 0 Å². The molecule has 0 aromatic carbocycles. The molecule has 2 rings (SSSR count). The van der Waals surface area contributed by atoms with Crippen LogP contribution in [0.2, 0.25) is 0 Å². The van der Waals surface area contributed by atoms with E-state index in [1.807, 2.05) is 4.90 Å². The predicted octanol–water partition coefficient (Wildman–Crippen LogP) is 0.559. The van der Waals surface area contributed by atoms with E-state index in [0.29, 0.717) is 19.3 Å². The van der Waals surface area contributed by atoms with E-state index in [-0.39, 0.29) is 28.3 Å². The van der Waals surface area contributed by atoms with Crippen LogP contribution in [0.3, 0.4) is 0 Å². The third-order valence-electron chi connectivity index (χ3n) is 3.08. The van der Waals surface area contributed by atoms with E-state index in [1.54, 1.807) is 0 Å². The second-order valence-corrected chi connectivity index (χ2v) is 7.83. The van der Waals surface area contributed by atoms with E-state index in [1.165, 1.54) is 0 Å². The van der Waals surface area contributed by atoms with Gasteiger partial charge >= 0.3 is 0 Å². The van der Waals surface area contributed by atoms with Crippen LogP contribution in [0.5, 0.6) is 0 Å². The van der Waals surface area contributed by atoms with Crippen molar-refractivity contribution in [3.8, 4) is 0 Å². The second-order valence-electron chi connectivity index (χ2n) is 4.23. The zero-order valence-electron chi connectivity index (χ0n) is 8.36. The molecule has 1 amide bonds. The number of hydrogen-bond acceptors (Lipinski definition) is 3. The van der Waals surface area contributed by atoms with Crippen LogP contribution in [0.15, 0.2) is 0 Å². The molecule has 2 fully saturated rings. The van der Waals surface area contributed by atoms with Gasteiger partial charge in [-0.25, -0.2) is 8.42 Å². The SMILES string of the molecule is O=C1CC(Br)CN1C1CCS(=O)(=O)CC1. The fraction of sp³-hybridized carbons (Fsp3) is 0.889. The zero-order valence-corrected chi connectivity index (χ0v) is 10.8. The molecule has 2 aliphatic heterocycles. The number of alkyl halides is 1. The van der Waals surface area contributed by atoms with Crippen LogP contribution in [-0.2, 0) is 14.6 Å². The summed E-state index contributed by atoms with van der Waals surface area (Å²) in [4.78, 5) is 13.7. The van der Waals surface area contributed by atoms with Gasteiger partial charge < -0.3 is 4.90 Å². The third-order valence-corrected chi connectivity index (χ3v) is 5.40. The molecule has 0 aliphatic carbocycles. The molecule has 0 saturated carbocycles. The summed E-state index contributed by atoms with van der Waals surface area (Å²) in [5.74, 6) is 0.615. The lowest BCUT2D eigenvalue weighted by Crippen LogP contribution is -2.42. The normalized spacial score (nSPS) is 32.2. The van der Waals surface area contributed by atoms with Crippen LogP contribution < -0.4 is 0 Å². The Kier molecular flexibility index (Phi) is 3.07. The van der Waals surface area contributed by atoms with Gasteiger partial charge in [0.1, 0.15) is 9.84 Å². The van der Waals surface area contributed by atoms with Gasteiger partial charge in [-0.05, 0) is 12.8 Å². The highest BCUT2D eigenvalue weighted by molar-refractivity contribution is 9.09. The minimum absolute atomic E-state index is 0.142. The van der Waals surface area contributed by atoms with Crippen LogP contribution in [-0.4, -0.2) is 48.1 Å². The Bertz CT molecular complexity index is 354. The van der Waals surface area contributed by atoms with E-state index in [9.17, 15) is 13.2 Å². The Balaban J connectivity index is 1.99. The maximum absolute atomic E-state index is 11.6. The summed E-state index contributed by atoms with van der Waals surface area (Å²) in [6.07, 6.45) is 1.75. The molecule has 15 heavy (non-hydrogen) atoms. The number of carbonyl (C=O) groups is 1. The van der Waals surface area contributed by atoms with Crippen LogP contribution in [0.4, 0.5) is 0 Å². The van der Waals surface area contributed by atoms with Gasteiger partial charge in [0, 0.05) is 23.8 Å². The van der Waals surface area contributed by atoms with Crippen molar-refractivity contribution in [1.82, 2.24) is 4.90 Å². The first kappa shape index (κ1) is 11.4. The average Bonchev–Trinajstić information content (AvgIpc) is 2.45. The summed E-state index contributed by atoms with van der Waals surface area (Å²) in [5, 5.41) is 0. The van der Waals surface area contributed by atoms with Gasteiger partial charge in [0.25, 0.3) is 0 Å². The number of rotatable bonds is 1. The van der Waals surface area contributed by atoms with E-state index in [0.717, 1.165) is 6.54 Å². The van der Waals surface area contributed by atoms with Gasteiger partial charge in [-0.1, -0.05) is 15.9 Å². The third kappa shape index (κ3) is 2.53. The fourth-order valence-electron chi connectivity index (χ4n) is 2.23. The Labute approximate surface area is 98.1 Å². The minimum Gasteiger partial charge on any atom is -0.338 e. The van der Waals surface area contributed by atoms with E-state index in [4.69, 9.17) is 0 Å². The maximum atomic E-state index is 11.6. The lowest BCUT2D eigenvalue weighted by molar-refractivity contribution is -0.129. The summed E-state index contributed by atoms with van der Waals surface area (Å²) < 4.78 is 22.5. The molecule has 86 valence electrons. The molecule has 1 unspecified atom stereocenters. The summed E-state index contributed by atoms with van der Waals surface area (Å²) in [7, 11) is -2.83.